The van der Waals surface area contributed by atoms with Crippen LogP contribution in [0.4, 0.5) is 0 Å². The zero-order chi connectivity index (χ0) is 10.6. The maximum Gasteiger partial charge on any atom is 0.151 e. The molecule has 0 aliphatic rings. The van der Waals surface area contributed by atoms with Crippen LogP contribution in [0.5, 0.6) is 0 Å². The lowest BCUT2D eigenvalue weighted by atomic mass is 10.1. The summed E-state index contributed by atoms with van der Waals surface area (Å²) >= 11 is 11.2. The van der Waals surface area contributed by atoms with E-state index in [0.29, 0.717) is 10.6 Å². The lowest BCUT2D eigenvalue weighted by molar-refractivity contribution is -0.116. The molecule has 0 fully saturated rings. The molecule has 0 aromatic heterocycles. The average molecular weight is 233 g/mol. The Morgan fingerprint density at radius 3 is 2.50 bits per heavy atom. The van der Waals surface area contributed by atoms with Gasteiger partial charge in [-0.05, 0) is 23.3 Å². The molecule has 1 N–H and O–H groups in total. The lowest BCUT2D eigenvalue weighted by Crippen LogP contribution is -2.04. The SMILES string of the molecule is O=C(CCl)Cc1cc(Cl)cc(CO)c1. The number of rotatable bonds is 4. The summed E-state index contributed by atoms with van der Waals surface area (Å²) in [5, 5.41) is 9.43. The fourth-order valence-corrected chi connectivity index (χ4v) is 1.56. The smallest absolute Gasteiger partial charge is 0.151 e. The first-order valence-electron chi connectivity index (χ1n) is 4.12. The van der Waals surface area contributed by atoms with E-state index in [0.717, 1.165) is 5.56 Å². The molecule has 1 aromatic carbocycles. The van der Waals surface area contributed by atoms with Gasteiger partial charge in [0.2, 0.25) is 0 Å². The van der Waals surface area contributed by atoms with Gasteiger partial charge in [-0.25, -0.2) is 0 Å². The fourth-order valence-electron chi connectivity index (χ4n) is 1.19. The Morgan fingerprint density at radius 2 is 1.93 bits per heavy atom. The standard InChI is InChI=1S/C10H10Cl2O2/c11-5-10(14)4-7-1-8(6-13)3-9(12)2-7/h1-3,13H,4-6H2. The Morgan fingerprint density at radius 1 is 1.29 bits per heavy atom. The Balaban J connectivity index is 2.86. The van der Waals surface area contributed by atoms with Crippen LogP contribution in [0.1, 0.15) is 11.1 Å². The molecule has 0 saturated carbocycles. The van der Waals surface area contributed by atoms with Crippen molar-refractivity contribution >= 4 is 29.0 Å². The van der Waals surface area contributed by atoms with Gasteiger partial charge in [0.15, 0.2) is 5.78 Å². The van der Waals surface area contributed by atoms with E-state index in [1.165, 1.54) is 0 Å². The first kappa shape index (κ1) is 11.5. The number of halogens is 2. The van der Waals surface area contributed by atoms with Crippen LogP contribution < -0.4 is 0 Å². The zero-order valence-corrected chi connectivity index (χ0v) is 8.98. The number of carbonyl (C=O) groups is 1. The second-order valence-corrected chi connectivity index (χ2v) is 3.68. The minimum absolute atomic E-state index is 0.000964. The minimum atomic E-state index is -0.0807. The summed E-state index contributed by atoms with van der Waals surface area (Å²) < 4.78 is 0. The maximum atomic E-state index is 11.1. The van der Waals surface area contributed by atoms with Crippen LogP contribution in [-0.2, 0) is 17.8 Å². The maximum absolute atomic E-state index is 11.1. The minimum Gasteiger partial charge on any atom is -0.392 e. The van der Waals surface area contributed by atoms with Gasteiger partial charge in [0.1, 0.15) is 0 Å². The van der Waals surface area contributed by atoms with E-state index in [1.807, 2.05) is 0 Å². The molecule has 0 atom stereocenters. The number of aliphatic hydroxyl groups excluding tert-OH is 1. The highest BCUT2D eigenvalue weighted by Crippen LogP contribution is 2.16. The molecule has 0 bridgehead atoms. The van der Waals surface area contributed by atoms with Crippen LogP contribution in [0.15, 0.2) is 18.2 Å². The highest BCUT2D eigenvalue weighted by atomic mass is 35.5. The highest BCUT2D eigenvalue weighted by molar-refractivity contribution is 6.30. The van der Waals surface area contributed by atoms with Crippen LogP contribution in [0, 0.1) is 0 Å². The van der Waals surface area contributed by atoms with Gasteiger partial charge in [-0.3, -0.25) is 4.79 Å². The van der Waals surface area contributed by atoms with E-state index in [1.54, 1.807) is 18.2 Å². The van der Waals surface area contributed by atoms with Crippen LogP contribution in [0.25, 0.3) is 0 Å². The molecule has 1 aromatic rings. The van der Waals surface area contributed by atoms with Gasteiger partial charge in [0.25, 0.3) is 0 Å². The lowest BCUT2D eigenvalue weighted by Gasteiger charge is -2.03. The van der Waals surface area contributed by atoms with Crippen molar-refractivity contribution in [3.63, 3.8) is 0 Å². The van der Waals surface area contributed by atoms with Crippen molar-refractivity contribution < 1.29 is 9.90 Å². The topological polar surface area (TPSA) is 37.3 Å². The first-order valence-corrected chi connectivity index (χ1v) is 5.04. The van der Waals surface area contributed by atoms with Crippen molar-refractivity contribution in [1.29, 1.82) is 0 Å². The van der Waals surface area contributed by atoms with Gasteiger partial charge >= 0.3 is 0 Å². The summed E-state index contributed by atoms with van der Waals surface area (Å²) in [6.45, 7) is -0.0807. The number of hydrogen-bond donors (Lipinski definition) is 1. The average Bonchev–Trinajstić information content (AvgIpc) is 2.16. The van der Waals surface area contributed by atoms with Crippen LogP contribution in [0.2, 0.25) is 5.02 Å². The Hall–Kier alpha value is -0.570. The van der Waals surface area contributed by atoms with Crippen molar-refractivity contribution in [3.05, 3.63) is 34.3 Å². The second-order valence-electron chi connectivity index (χ2n) is 2.97. The summed E-state index contributed by atoms with van der Waals surface area (Å²) in [5.41, 5.74) is 1.49. The molecule has 76 valence electrons. The van der Waals surface area contributed by atoms with Crippen LogP contribution in [0.3, 0.4) is 0 Å². The second kappa shape index (κ2) is 5.35. The fraction of sp³-hybridized carbons (Fsp3) is 0.300. The number of Topliss-reactive ketones (excluding diaryl/α,β-unsaturated/α-hetero) is 1. The van der Waals surface area contributed by atoms with Crippen molar-refractivity contribution in [2.75, 3.05) is 5.88 Å². The molecule has 1 rings (SSSR count). The first-order chi connectivity index (χ1) is 6.65. The van der Waals surface area contributed by atoms with Crippen molar-refractivity contribution in [2.45, 2.75) is 13.0 Å². The Labute approximate surface area is 92.5 Å². The third kappa shape index (κ3) is 3.29. The molecule has 0 spiro atoms. The van der Waals surface area contributed by atoms with Gasteiger partial charge in [-0.2, -0.15) is 0 Å². The number of hydrogen-bond acceptors (Lipinski definition) is 2. The van der Waals surface area contributed by atoms with E-state index >= 15 is 0 Å². The third-order valence-electron chi connectivity index (χ3n) is 1.75. The molecule has 0 radical (unpaired) electrons. The Bertz CT molecular complexity index is 337. The molecule has 4 heteroatoms. The van der Waals surface area contributed by atoms with Crippen molar-refractivity contribution in [2.24, 2.45) is 0 Å². The summed E-state index contributed by atoms with van der Waals surface area (Å²) in [6.07, 6.45) is 0.261. The molecule has 0 heterocycles. The predicted octanol–water partition coefficient (Wildman–Crippen LogP) is 2.18. The molecule has 0 amide bonds. The Kier molecular flexibility index (Phi) is 4.39. The third-order valence-corrected chi connectivity index (χ3v) is 2.27. The van der Waals surface area contributed by atoms with E-state index in [4.69, 9.17) is 28.3 Å². The zero-order valence-electron chi connectivity index (χ0n) is 7.46. The summed E-state index contributed by atoms with van der Waals surface area (Å²) in [5.74, 6) is -0.0566. The van der Waals surface area contributed by atoms with E-state index in [-0.39, 0.29) is 24.7 Å². The van der Waals surface area contributed by atoms with Crippen LogP contribution in [-0.4, -0.2) is 16.8 Å². The number of ketones is 1. The number of benzene rings is 1. The van der Waals surface area contributed by atoms with Gasteiger partial charge in [0.05, 0.1) is 12.5 Å². The molecule has 0 saturated heterocycles. The van der Waals surface area contributed by atoms with Crippen LogP contribution >= 0.6 is 23.2 Å². The summed E-state index contributed by atoms with van der Waals surface area (Å²) in [4.78, 5) is 11.1. The number of aliphatic hydroxyl groups is 1. The van der Waals surface area contributed by atoms with Gasteiger partial charge in [-0.1, -0.05) is 17.7 Å². The van der Waals surface area contributed by atoms with Crippen molar-refractivity contribution in [3.8, 4) is 0 Å². The molecular weight excluding hydrogens is 223 g/mol. The van der Waals surface area contributed by atoms with Gasteiger partial charge in [-0.15, -0.1) is 11.6 Å². The monoisotopic (exact) mass is 232 g/mol. The molecule has 0 aliphatic carbocycles. The molecule has 2 nitrogen and oxygen atoms in total. The molecular formula is C10H10Cl2O2. The van der Waals surface area contributed by atoms with E-state index in [9.17, 15) is 4.79 Å². The van der Waals surface area contributed by atoms with E-state index < -0.39 is 0 Å². The summed E-state index contributed by atoms with van der Waals surface area (Å²) in [6, 6.07) is 5.11. The molecule has 0 aliphatic heterocycles. The normalized spacial score (nSPS) is 10.2. The number of alkyl halides is 1. The summed E-state index contributed by atoms with van der Waals surface area (Å²) in [7, 11) is 0. The predicted molar refractivity (Wildman–Crippen MR) is 56.8 cm³/mol. The van der Waals surface area contributed by atoms with Gasteiger partial charge < -0.3 is 5.11 Å². The largest absolute Gasteiger partial charge is 0.392 e. The van der Waals surface area contributed by atoms with E-state index in [2.05, 4.69) is 0 Å². The number of carbonyl (C=O) groups excluding carboxylic acids is 1. The van der Waals surface area contributed by atoms with Gasteiger partial charge in [0, 0.05) is 11.4 Å². The molecule has 14 heavy (non-hydrogen) atoms. The molecule has 0 unspecified atom stereocenters. The highest BCUT2D eigenvalue weighted by Gasteiger charge is 2.04. The quantitative estimate of drug-likeness (QED) is 0.809. The van der Waals surface area contributed by atoms with Crippen molar-refractivity contribution in [1.82, 2.24) is 0 Å².